The summed E-state index contributed by atoms with van der Waals surface area (Å²) in [5, 5.41) is 0.997. The van der Waals surface area contributed by atoms with Crippen molar-refractivity contribution in [2.24, 2.45) is 0 Å². The highest BCUT2D eigenvalue weighted by Crippen LogP contribution is 2.23. The van der Waals surface area contributed by atoms with E-state index in [9.17, 15) is 0 Å². The van der Waals surface area contributed by atoms with Crippen molar-refractivity contribution in [3.8, 4) is 0 Å². The van der Waals surface area contributed by atoms with E-state index in [0.29, 0.717) is 0 Å². The molecule has 0 saturated carbocycles. The molecular weight excluding hydrogens is 284 g/mol. The second kappa shape index (κ2) is 6.17. The first kappa shape index (κ1) is 13.9. The fraction of sp³-hybridized carbons (Fsp3) is 0.357. The molecule has 1 aliphatic heterocycles. The van der Waals surface area contributed by atoms with Gasteiger partial charge in [0.1, 0.15) is 17.2 Å². The van der Waals surface area contributed by atoms with Crippen molar-refractivity contribution in [2.75, 3.05) is 48.0 Å². The topological polar surface area (TPSA) is 71.2 Å². The molecule has 1 saturated heterocycles. The van der Waals surface area contributed by atoms with E-state index >= 15 is 0 Å². The fourth-order valence-corrected chi connectivity index (χ4v) is 2.81. The SMILES string of the molecule is CSc1cc(N2CCN(c3ncccc3N)CC2)ncn1. The Kier molecular flexibility index (Phi) is 4.10. The number of nitrogen functional groups attached to an aromatic ring is 1. The number of anilines is 3. The summed E-state index contributed by atoms with van der Waals surface area (Å²) in [6, 6.07) is 5.79. The molecule has 0 amide bonds. The highest BCUT2D eigenvalue weighted by Gasteiger charge is 2.20. The molecule has 0 unspecified atom stereocenters. The third kappa shape index (κ3) is 3.02. The highest BCUT2D eigenvalue weighted by atomic mass is 32.2. The minimum atomic E-state index is 0.734. The number of piperazine rings is 1. The Bertz CT molecular complexity index is 612. The molecule has 0 bridgehead atoms. The van der Waals surface area contributed by atoms with Crippen LogP contribution in [0, 0.1) is 0 Å². The summed E-state index contributed by atoms with van der Waals surface area (Å²) in [4.78, 5) is 17.5. The number of nitrogens with two attached hydrogens (primary N) is 1. The van der Waals surface area contributed by atoms with Crippen molar-refractivity contribution < 1.29 is 0 Å². The summed E-state index contributed by atoms with van der Waals surface area (Å²) in [7, 11) is 0. The van der Waals surface area contributed by atoms with Crippen LogP contribution in [0.4, 0.5) is 17.3 Å². The summed E-state index contributed by atoms with van der Waals surface area (Å²) in [5.74, 6) is 1.87. The Morgan fingerprint density at radius 3 is 2.57 bits per heavy atom. The van der Waals surface area contributed by atoms with E-state index in [-0.39, 0.29) is 0 Å². The summed E-state index contributed by atoms with van der Waals surface area (Å²) in [6.45, 7) is 3.58. The Morgan fingerprint density at radius 2 is 1.86 bits per heavy atom. The number of rotatable bonds is 3. The van der Waals surface area contributed by atoms with Gasteiger partial charge in [-0.05, 0) is 18.4 Å². The number of aromatic nitrogens is 3. The first-order chi connectivity index (χ1) is 10.3. The number of hydrogen-bond acceptors (Lipinski definition) is 7. The van der Waals surface area contributed by atoms with Gasteiger partial charge >= 0.3 is 0 Å². The Morgan fingerprint density at radius 1 is 1.10 bits per heavy atom. The van der Waals surface area contributed by atoms with Crippen molar-refractivity contribution >= 4 is 29.1 Å². The molecule has 110 valence electrons. The van der Waals surface area contributed by atoms with Crippen molar-refractivity contribution in [3.63, 3.8) is 0 Å². The quantitative estimate of drug-likeness (QED) is 0.680. The minimum Gasteiger partial charge on any atom is -0.396 e. The minimum absolute atomic E-state index is 0.734. The normalized spacial score (nSPS) is 15.3. The van der Waals surface area contributed by atoms with E-state index < -0.39 is 0 Å². The average molecular weight is 302 g/mol. The Hall–Kier alpha value is -2.02. The van der Waals surface area contributed by atoms with E-state index in [4.69, 9.17) is 5.73 Å². The Balaban J connectivity index is 1.69. The molecule has 0 aliphatic carbocycles. The van der Waals surface area contributed by atoms with Gasteiger partial charge < -0.3 is 15.5 Å². The molecule has 21 heavy (non-hydrogen) atoms. The maximum atomic E-state index is 5.99. The van der Waals surface area contributed by atoms with Crippen LogP contribution in [0.5, 0.6) is 0 Å². The van der Waals surface area contributed by atoms with Gasteiger partial charge in [-0.25, -0.2) is 15.0 Å². The second-order valence-corrected chi connectivity index (χ2v) is 5.64. The van der Waals surface area contributed by atoms with Gasteiger partial charge in [0.2, 0.25) is 0 Å². The van der Waals surface area contributed by atoms with Crippen LogP contribution in [0.25, 0.3) is 0 Å². The summed E-state index contributed by atoms with van der Waals surface area (Å²) in [6.07, 6.45) is 5.44. The van der Waals surface area contributed by atoms with Crippen LogP contribution >= 0.6 is 11.8 Å². The van der Waals surface area contributed by atoms with E-state index in [1.165, 1.54) is 0 Å². The molecule has 1 fully saturated rings. The van der Waals surface area contributed by atoms with Crippen LogP contribution in [0.2, 0.25) is 0 Å². The molecule has 2 aromatic heterocycles. The first-order valence-electron chi connectivity index (χ1n) is 6.84. The lowest BCUT2D eigenvalue weighted by atomic mass is 10.3. The van der Waals surface area contributed by atoms with Crippen molar-refractivity contribution in [3.05, 3.63) is 30.7 Å². The monoisotopic (exact) mass is 302 g/mol. The molecule has 0 aromatic carbocycles. The predicted molar refractivity (Wildman–Crippen MR) is 86.9 cm³/mol. The maximum absolute atomic E-state index is 5.99. The first-order valence-corrected chi connectivity index (χ1v) is 8.07. The largest absolute Gasteiger partial charge is 0.396 e. The van der Waals surface area contributed by atoms with Crippen LogP contribution in [-0.4, -0.2) is 47.4 Å². The molecule has 3 rings (SSSR count). The van der Waals surface area contributed by atoms with E-state index in [1.54, 1.807) is 24.3 Å². The molecule has 6 nitrogen and oxygen atoms in total. The van der Waals surface area contributed by atoms with E-state index in [2.05, 4.69) is 24.8 Å². The van der Waals surface area contributed by atoms with Gasteiger partial charge in [0.05, 0.1) is 5.69 Å². The van der Waals surface area contributed by atoms with Crippen LogP contribution in [0.3, 0.4) is 0 Å². The van der Waals surface area contributed by atoms with Gasteiger partial charge in [-0.15, -0.1) is 11.8 Å². The van der Waals surface area contributed by atoms with Gasteiger partial charge in [-0.1, -0.05) is 0 Å². The van der Waals surface area contributed by atoms with Gasteiger partial charge in [0.25, 0.3) is 0 Å². The zero-order valence-electron chi connectivity index (χ0n) is 11.9. The summed E-state index contributed by atoms with van der Waals surface area (Å²) >= 11 is 1.63. The van der Waals surface area contributed by atoms with E-state index in [0.717, 1.165) is 48.5 Å². The third-order valence-electron chi connectivity index (χ3n) is 3.56. The van der Waals surface area contributed by atoms with E-state index in [1.807, 2.05) is 24.5 Å². The van der Waals surface area contributed by atoms with Crippen LogP contribution in [0.1, 0.15) is 0 Å². The lowest BCUT2D eigenvalue weighted by molar-refractivity contribution is 0.640. The summed E-state index contributed by atoms with van der Waals surface area (Å²) in [5.41, 5.74) is 6.73. The number of pyridine rings is 1. The second-order valence-electron chi connectivity index (χ2n) is 4.81. The number of nitrogens with zero attached hydrogens (tertiary/aromatic N) is 5. The van der Waals surface area contributed by atoms with Crippen LogP contribution in [-0.2, 0) is 0 Å². The van der Waals surface area contributed by atoms with Gasteiger partial charge in [-0.2, -0.15) is 0 Å². The smallest absolute Gasteiger partial charge is 0.151 e. The summed E-state index contributed by atoms with van der Waals surface area (Å²) < 4.78 is 0. The molecule has 0 atom stereocenters. The van der Waals surface area contributed by atoms with Crippen LogP contribution in [0.15, 0.2) is 35.7 Å². The molecule has 2 N–H and O–H groups in total. The molecular formula is C14H18N6S. The lowest BCUT2D eigenvalue weighted by Crippen LogP contribution is -2.47. The molecule has 3 heterocycles. The van der Waals surface area contributed by atoms with Gasteiger partial charge in [0.15, 0.2) is 5.82 Å². The number of thioether (sulfide) groups is 1. The molecule has 1 aliphatic rings. The van der Waals surface area contributed by atoms with Crippen molar-refractivity contribution in [1.29, 1.82) is 0 Å². The lowest BCUT2D eigenvalue weighted by Gasteiger charge is -2.36. The zero-order valence-corrected chi connectivity index (χ0v) is 12.8. The van der Waals surface area contributed by atoms with Crippen molar-refractivity contribution in [2.45, 2.75) is 5.03 Å². The van der Waals surface area contributed by atoms with Crippen LogP contribution < -0.4 is 15.5 Å². The predicted octanol–water partition coefficient (Wildman–Crippen LogP) is 1.50. The molecule has 2 aromatic rings. The fourth-order valence-electron chi connectivity index (χ4n) is 2.44. The Labute approximate surface area is 128 Å². The average Bonchev–Trinajstić information content (AvgIpc) is 2.56. The molecule has 0 radical (unpaired) electrons. The molecule has 7 heteroatoms. The highest BCUT2D eigenvalue weighted by molar-refractivity contribution is 7.98. The van der Waals surface area contributed by atoms with Crippen molar-refractivity contribution in [1.82, 2.24) is 15.0 Å². The van der Waals surface area contributed by atoms with Gasteiger partial charge in [0, 0.05) is 38.4 Å². The standard InChI is InChI=1S/C14H18N6S/c1-21-13-9-12(17-10-18-13)19-5-7-20(8-6-19)14-11(15)3-2-4-16-14/h2-4,9-10H,5-8,15H2,1H3. The number of hydrogen-bond donors (Lipinski definition) is 1. The molecule has 0 spiro atoms. The zero-order chi connectivity index (χ0) is 14.7. The third-order valence-corrected chi connectivity index (χ3v) is 4.20. The van der Waals surface area contributed by atoms with Gasteiger partial charge in [-0.3, -0.25) is 0 Å². The maximum Gasteiger partial charge on any atom is 0.151 e.